The van der Waals surface area contributed by atoms with E-state index in [1.165, 1.54) is 6.07 Å². The van der Waals surface area contributed by atoms with Crippen molar-refractivity contribution in [3.05, 3.63) is 69.1 Å². The number of H-pyrrole nitrogens is 1. The van der Waals surface area contributed by atoms with Crippen LogP contribution in [-0.2, 0) is 12.8 Å². The number of halogens is 4. The third-order valence-electron chi connectivity index (χ3n) is 5.23. The van der Waals surface area contributed by atoms with Crippen molar-refractivity contribution in [3.63, 3.8) is 0 Å². The van der Waals surface area contributed by atoms with E-state index in [4.69, 9.17) is 11.6 Å². The molecule has 0 fully saturated rings. The molecule has 3 rings (SSSR count). The van der Waals surface area contributed by atoms with Gasteiger partial charge < -0.3 is 4.98 Å². The Morgan fingerprint density at radius 1 is 1.07 bits per heavy atom. The van der Waals surface area contributed by atoms with Gasteiger partial charge >= 0.3 is 0 Å². The average Bonchev–Trinajstić information content (AvgIpc) is 2.99. The van der Waals surface area contributed by atoms with Crippen molar-refractivity contribution in [2.24, 2.45) is 0 Å². The van der Waals surface area contributed by atoms with Crippen LogP contribution in [0.25, 0.3) is 10.9 Å². The van der Waals surface area contributed by atoms with E-state index in [1.54, 1.807) is 25.1 Å². The first-order valence-electron chi connectivity index (χ1n) is 9.35. The number of aromatic amines is 1. The van der Waals surface area contributed by atoms with E-state index < -0.39 is 23.4 Å². The van der Waals surface area contributed by atoms with Gasteiger partial charge in [0.05, 0.1) is 5.02 Å². The first-order chi connectivity index (χ1) is 12.9. The van der Waals surface area contributed by atoms with Crippen LogP contribution in [-0.4, -0.2) is 4.98 Å². The van der Waals surface area contributed by atoms with Gasteiger partial charge in [0.15, 0.2) is 11.6 Å². The van der Waals surface area contributed by atoms with Gasteiger partial charge in [0.2, 0.25) is 0 Å². The van der Waals surface area contributed by atoms with E-state index in [-0.39, 0.29) is 5.02 Å². The maximum absolute atomic E-state index is 14.7. The Balaban J connectivity index is 2.16. The van der Waals surface area contributed by atoms with Gasteiger partial charge in [-0.05, 0) is 48.1 Å². The van der Waals surface area contributed by atoms with E-state index in [1.807, 2.05) is 6.92 Å². The Hall–Kier alpha value is -1.94. The molecule has 0 spiro atoms. The van der Waals surface area contributed by atoms with Crippen LogP contribution in [0, 0.1) is 17.5 Å². The van der Waals surface area contributed by atoms with E-state index in [0.717, 1.165) is 35.9 Å². The monoisotopic (exact) mass is 393 g/mol. The number of rotatable bonds is 6. The van der Waals surface area contributed by atoms with Crippen LogP contribution in [0.2, 0.25) is 5.02 Å². The molecule has 1 unspecified atom stereocenters. The maximum Gasteiger partial charge on any atom is 0.162 e. The summed E-state index contributed by atoms with van der Waals surface area (Å²) in [4.78, 5) is 3.23. The second kappa shape index (κ2) is 7.97. The van der Waals surface area contributed by atoms with Crippen molar-refractivity contribution in [2.75, 3.05) is 0 Å². The van der Waals surface area contributed by atoms with Crippen molar-refractivity contribution >= 4 is 22.5 Å². The third kappa shape index (κ3) is 3.60. The van der Waals surface area contributed by atoms with Crippen molar-refractivity contribution in [1.29, 1.82) is 0 Å². The molecule has 0 saturated carbocycles. The Kier molecular flexibility index (Phi) is 5.85. The smallest absolute Gasteiger partial charge is 0.162 e. The van der Waals surface area contributed by atoms with Crippen LogP contribution >= 0.6 is 11.6 Å². The minimum absolute atomic E-state index is 0.0583. The quantitative estimate of drug-likeness (QED) is 0.452. The molecule has 144 valence electrons. The van der Waals surface area contributed by atoms with Gasteiger partial charge in [0.1, 0.15) is 5.82 Å². The summed E-state index contributed by atoms with van der Waals surface area (Å²) in [6.07, 6.45) is 3.12. The lowest BCUT2D eigenvalue weighted by Gasteiger charge is -2.16. The highest BCUT2D eigenvalue weighted by atomic mass is 35.5. The molecule has 0 aliphatic rings. The first kappa shape index (κ1) is 19.8. The molecule has 0 saturated heterocycles. The van der Waals surface area contributed by atoms with Crippen LogP contribution in [0.5, 0.6) is 0 Å². The Morgan fingerprint density at radius 2 is 1.81 bits per heavy atom. The molecule has 1 atom stereocenters. The Bertz CT molecular complexity index is 978. The number of unbranched alkanes of at least 4 members (excludes halogenated alkanes) is 1. The van der Waals surface area contributed by atoms with Crippen molar-refractivity contribution in [3.8, 4) is 0 Å². The van der Waals surface area contributed by atoms with Crippen molar-refractivity contribution in [1.82, 2.24) is 4.98 Å². The number of aromatic nitrogens is 1. The van der Waals surface area contributed by atoms with Gasteiger partial charge in [-0.3, -0.25) is 0 Å². The highest BCUT2D eigenvalue weighted by Crippen LogP contribution is 2.36. The molecule has 1 N–H and O–H groups in total. The molecule has 1 nitrogen and oxygen atoms in total. The largest absolute Gasteiger partial charge is 0.358 e. The maximum atomic E-state index is 14.7. The number of nitrogens with one attached hydrogen (secondary N) is 1. The molecule has 0 amide bonds. The lowest BCUT2D eigenvalue weighted by atomic mass is 9.91. The van der Waals surface area contributed by atoms with Crippen LogP contribution in [0.4, 0.5) is 13.2 Å². The van der Waals surface area contributed by atoms with Gasteiger partial charge in [-0.1, -0.05) is 50.9 Å². The second-order valence-electron chi connectivity index (χ2n) is 6.95. The topological polar surface area (TPSA) is 15.8 Å². The van der Waals surface area contributed by atoms with Crippen LogP contribution in [0.3, 0.4) is 0 Å². The number of benzene rings is 2. The van der Waals surface area contributed by atoms with Crippen LogP contribution in [0.1, 0.15) is 61.9 Å². The fourth-order valence-electron chi connectivity index (χ4n) is 3.63. The molecule has 27 heavy (non-hydrogen) atoms. The highest BCUT2D eigenvalue weighted by Gasteiger charge is 2.23. The van der Waals surface area contributed by atoms with Crippen molar-refractivity contribution in [2.45, 2.75) is 52.4 Å². The predicted octanol–water partition coefficient (Wildman–Crippen LogP) is 7.30. The van der Waals surface area contributed by atoms with E-state index >= 15 is 0 Å². The van der Waals surface area contributed by atoms with E-state index in [0.29, 0.717) is 23.1 Å². The van der Waals surface area contributed by atoms with E-state index in [2.05, 4.69) is 11.9 Å². The lowest BCUT2D eigenvalue weighted by Crippen LogP contribution is -2.06. The summed E-state index contributed by atoms with van der Waals surface area (Å²) >= 11 is 5.98. The summed E-state index contributed by atoms with van der Waals surface area (Å²) in [5.74, 6) is -2.50. The number of fused-ring (bicyclic) bond motifs is 1. The lowest BCUT2D eigenvalue weighted by molar-refractivity contribution is 0.487. The molecule has 0 aliphatic carbocycles. The summed E-state index contributed by atoms with van der Waals surface area (Å²) in [5, 5.41) is 0.894. The summed E-state index contributed by atoms with van der Waals surface area (Å²) in [7, 11) is 0. The fraction of sp³-hybridized carbons (Fsp3) is 0.364. The number of hydrogen-bond donors (Lipinski definition) is 1. The standard InChI is InChI=1S/C22H23ClF3N/c1-4-6-7-15-16-10-17(23)18(24)11-19(16)27-22(15)12(3)14-9-8-13(5-2)20(25)21(14)26/h8-12,27H,4-7H2,1-3H3. The average molecular weight is 394 g/mol. The van der Waals surface area contributed by atoms with Gasteiger partial charge in [-0.25, -0.2) is 13.2 Å². The minimum Gasteiger partial charge on any atom is -0.358 e. The minimum atomic E-state index is -0.814. The zero-order valence-electron chi connectivity index (χ0n) is 15.7. The first-order valence-corrected chi connectivity index (χ1v) is 9.73. The predicted molar refractivity (Wildman–Crippen MR) is 105 cm³/mol. The zero-order valence-corrected chi connectivity index (χ0v) is 16.5. The van der Waals surface area contributed by atoms with Crippen molar-refractivity contribution < 1.29 is 13.2 Å². The van der Waals surface area contributed by atoms with Gasteiger partial charge in [0.25, 0.3) is 0 Å². The summed E-state index contributed by atoms with van der Waals surface area (Å²) < 4.78 is 42.9. The van der Waals surface area contributed by atoms with Gasteiger partial charge in [0, 0.05) is 22.5 Å². The molecular weight excluding hydrogens is 371 g/mol. The normalized spacial score (nSPS) is 12.7. The molecule has 0 radical (unpaired) electrons. The molecule has 3 aromatic rings. The number of hydrogen-bond acceptors (Lipinski definition) is 0. The number of aryl methyl sites for hydroxylation is 2. The Morgan fingerprint density at radius 3 is 2.48 bits per heavy atom. The summed E-state index contributed by atoms with van der Waals surface area (Å²) in [6.45, 7) is 5.71. The molecule has 1 heterocycles. The molecule has 5 heteroatoms. The molecule has 1 aromatic heterocycles. The van der Waals surface area contributed by atoms with Gasteiger partial charge in [-0.15, -0.1) is 0 Å². The fourth-order valence-corrected chi connectivity index (χ4v) is 3.79. The Labute approximate surface area is 162 Å². The molecule has 0 bridgehead atoms. The third-order valence-corrected chi connectivity index (χ3v) is 5.52. The molecule has 0 aliphatic heterocycles. The molecular formula is C22H23ClF3N. The van der Waals surface area contributed by atoms with E-state index in [9.17, 15) is 13.2 Å². The second-order valence-corrected chi connectivity index (χ2v) is 7.36. The highest BCUT2D eigenvalue weighted by molar-refractivity contribution is 6.31. The van der Waals surface area contributed by atoms with Gasteiger partial charge in [-0.2, -0.15) is 0 Å². The summed E-state index contributed by atoms with van der Waals surface area (Å²) in [6, 6.07) is 6.25. The molecule has 2 aromatic carbocycles. The zero-order chi connectivity index (χ0) is 19.7. The SMILES string of the molecule is CCCCc1c(C(C)c2ccc(CC)c(F)c2F)[nH]c2cc(F)c(Cl)cc12. The van der Waals surface area contributed by atoms with Crippen LogP contribution < -0.4 is 0 Å². The van der Waals surface area contributed by atoms with Crippen LogP contribution in [0.15, 0.2) is 24.3 Å². The summed E-state index contributed by atoms with van der Waals surface area (Å²) in [5.41, 5.74) is 3.04.